The molecule has 0 unspecified atom stereocenters. The zero-order valence-electron chi connectivity index (χ0n) is 28.5. The van der Waals surface area contributed by atoms with E-state index in [4.69, 9.17) is 4.98 Å². The van der Waals surface area contributed by atoms with Crippen LogP contribution in [0.5, 0.6) is 0 Å². The highest BCUT2D eigenvalue weighted by atomic mass is 32.2. The van der Waals surface area contributed by atoms with Crippen molar-refractivity contribution in [2.24, 2.45) is 0 Å². The highest BCUT2D eigenvalue weighted by molar-refractivity contribution is 7.91. The van der Waals surface area contributed by atoms with Gasteiger partial charge in [0.05, 0.1) is 32.7 Å². The summed E-state index contributed by atoms with van der Waals surface area (Å²) >= 11 is 0. The van der Waals surface area contributed by atoms with Crippen molar-refractivity contribution in [1.82, 2.24) is 14.1 Å². The van der Waals surface area contributed by atoms with Crippen molar-refractivity contribution in [3.8, 4) is 33.8 Å². The van der Waals surface area contributed by atoms with Crippen LogP contribution in [0.15, 0.2) is 198 Å². The predicted molar refractivity (Wildman–Crippen MR) is 216 cm³/mol. The fraction of sp³-hybridized carbons (Fsp3) is 0. The SMILES string of the molecule is O=S(=O)(c1ccccc1)c1cc(-c2ccc3c(c2)c2ccccc2n3-c2ccccc2)cc(-c2ccc3c(c2)c2ccccc2n3-c2ccccc2)n1. The van der Waals surface area contributed by atoms with Crippen LogP contribution in [0.1, 0.15) is 0 Å². The van der Waals surface area contributed by atoms with Gasteiger partial charge in [-0.1, -0.05) is 103 Å². The molecule has 6 heteroatoms. The van der Waals surface area contributed by atoms with Gasteiger partial charge in [0.1, 0.15) is 0 Å². The Labute approximate surface area is 306 Å². The van der Waals surface area contributed by atoms with E-state index in [0.29, 0.717) is 5.69 Å². The molecule has 0 bridgehead atoms. The molecule has 252 valence electrons. The second kappa shape index (κ2) is 12.2. The molecule has 0 spiro atoms. The first kappa shape index (κ1) is 31.0. The van der Waals surface area contributed by atoms with E-state index in [9.17, 15) is 8.42 Å². The van der Waals surface area contributed by atoms with Crippen molar-refractivity contribution >= 4 is 53.4 Å². The van der Waals surface area contributed by atoms with Gasteiger partial charge in [0.15, 0.2) is 5.03 Å². The van der Waals surface area contributed by atoms with Gasteiger partial charge >= 0.3 is 0 Å². The molecule has 0 aliphatic carbocycles. The summed E-state index contributed by atoms with van der Waals surface area (Å²) in [4.78, 5) is 5.09. The number of rotatable bonds is 6. The van der Waals surface area contributed by atoms with Gasteiger partial charge in [0.25, 0.3) is 0 Å². The van der Waals surface area contributed by atoms with Crippen LogP contribution < -0.4 is 0 Å². The number of fused-ring (bicyclic) bond motifs is 6. The number of hydrogen-bond acceptors (Lipinski definition) is 3. The van der Waals surface area contributed by atoms with E-state index in [1.807, 2.05) is 54.6 Å². The van der Waals surface area contributed by atoms with Crippen LogP contribution in [0.25, 0.3) is 77.4 Å². The molecule has 3 heterocycles. The Balaban J connectivity index is 1.20. The van der Waals surface area contributed by atoms with Crippen LogP contribution in [0, 0.1) is 0 Å². The summed E-state index contributed by atoms with van der Waals surface area (Å²) in [6.45, 7) is 0. The van der Waals surface area contributed by atoms with Crippen LogP contribution in [0.3, 0.4) is 0 Å². The second-order valence-corrected chi connectivity index (χ2v) is 15.1. The molecule has 7 aromatic carbocycles. The Hall–Kier alpha value is -6.76. The first-order valence-electron chi connectivity index (χ1n) is 17.5. The summed E-state index contributed by atoms with van der Waals surface area (Å²) in [6, 6.07) is 62.4. The molecule has 53 heavy (non-hydrogen) atoms. The molecule has 10 rings (SSSR count). The van der Waals surface area contributed by atoms with Crippen molar-refractivity contribution in [2.75, 3.05) is 0 Å². The molecule has 0 aliphatic heterocycles. The zero-order valence-corrected chi connectivity index (χ0v) is 29.3. The average Bonchev–Trinajstić information content (AvgIpc) is 3.74. The monoisotopic (exact) mass is 701 g/mol. The molecule has 0 amide bonds. The minimum absolute atomic E-state index is 0.00909. The van der Waals surface area contributed by atoms with Gasteiger partial charge < -0.3 is 9.13 Å². The molecule has 10 aromatic rings. The van der Waals surface area contributed by atoms with Crippen LogP contribution in [0.4, 0.5) is 0 Å². The maximum atomic E-state index is 14.2. The second-order valence-electron chi connectivity index (χ2n) is 13.2. The van der Waals surface area contributed by atoms with E-state index in [1.54, 1.807) is 30.3 Å². The lowest BCUT2D eigenvalue weighted by atomic mass is 10.0. The summed E-state index contributed by atoms with van der Waals surface area (Å²) in [7, 11) is -3.94. The summed E-state index contributed by atoms with van der Waals surface area (Å²) < 4.78 is 33.0. The van der Waals surface area contributed by atoms with Gasteiger partial charge in [0, 0.05) is 38.5 Å². The maximum Gasteiger partial charge on any atom is 0.223 e. The summed E-state index contributed by atoms with van der Waals surface area (Å²) in [5, 5.41) is 4.40. The van der Waals surface area contributed by atoms with Crippen molar-refractivity contribution in [3.63, 3.8) is 0 Å². The van der Waals surface area contributed by atoms with Gasteiger partial charge in [-0.05, 0) is 96.1 Å². The fourth-order valence-electron chi connectivity index (χ4n) is 7.67. The zero-order chi connectivity index (χ0) is 35.5. The lowest BCUT2D eigenvalue weighted by Crippen LogP contribution is -2.06. The van der Waals surface area contributed by atoms with E-state index in [0.717, 1.165) is 71.7 Å². The largest absolute Gasteiger partial charge is 0.309 e. The van der Waals surface area contributed by atoms with Crippen molar-refractivity contribution in [2.45, 2.75) is 9.92 Å². The first-order chi connectivity index (χ1) is 26.0. The number of sulfone groups is 1. The molecular weight excluding hydrogens is 671 g/mol. The molecule has 0 atom stereocenters. The highest BCUT2D eigenvalue weighted by Crippen LogP contribution is 2.39. The van der Waals surface area contributed by atoms with Gasteiger partial charge in [-0.25, -0.2) is 13.4 Å². The standard InChI is InChI=1S/C47H31N3O2S/c51-53(52,37-18-8-3-9-19-37)47-31-34(32-24-26-45-40(28-32)38-20-10-12-22-43(38)49(45)35-14-4-1-5-15-35)30-42(48-47)33-25-27-46-41(29-33)39-21-11-13-23-44(39)50(46)36-16-6-2-7-17-36/h1-31H. The number of para-hydroxylation sites is 4. The molecule has 0 N–H and O–H groups in total. The van der Waals surface area contributed by atoms with Gasteiger partial charge in [-0.3, -0.25) is 0 Å². The molecule has 0 saturated carbocycles. The maximum absolute atomic E-state index is 14.2. The third-order valence-corrected chi connectivity index (χ3v) is 11.8. The van der Waals surface area contributed by atoms with Crippen LogP contribution in [-0.4, -0.2) is 22.5 Å². The Bertz CT molecular complexity index is 2940. The minimum atomic E-state index is -3.94. The fourth-order valence-corrected chi connectivity index (χ4v) is 8.93. The predicted octanol–water partition coefficient (Wildman–Crippen LogP) is 11.4. The lowest BCUT2D eigenvalue weighted by molar-refractivity contribution is 0.592. The van der Waals surface area contributed by atoms with E-state index in [-0.39, 0.29) is 9.92 Å². The van der Waals surface area contributed by atoms with Crippen LogP contribution in [-0.2, 0) is 9.84 Å². The van der Waals surface area contributed by atoms with Gasteiger partial charge in [-0.2, -0.15) is 0 Å². The molecule has 0 radical (unpaired) electrons. The number of benzene rings is 7. The Kier molecular flexibility index (Phi) is 7.13. The molecule has 0 aliphatic rings. The Morgan fingerprint density at radius 1 is 0.377 bits per heavy atom. The van der Waals surface area contributed by atoms with Gasteiger partial charge in [-0.15, -0.1) is 0 Å². The Morgan fingerprint density at radius 2 is 0.830 bits per heavy atom. The molecule has 3 aromatic heterocycles. The van der Waals surface area contributed by atoms with Gasteiger partial charge in [0.2, 0.25) is 9.84 Å². The summed E-state index contributed by atoms with van der Waals surface area (Å²) in [5.41, 5.74) is 9.61. The van der Waals surface area contributed by atoms with E-state index >= 15 is 0 Å². The first-order valence-corrected chi connectivity index (χ1v) is 19.0. The quantitative estimate of drug-likeness (QED) is 0.173. The number of nitrogens with zero attached hydrogens (tertiary/aromatic N) is 3. The van der Waals surface area contributed by atoms with Crippen LogP contribution >= 0.6 is 0 Å². The van der Waals surface area contributed by atoms with Crippen molar-refractivity contribution in [3.05, 3.63) is 188 Å². The van der Waals surface area contributed by atoms with Crippen molar-refractivity contribution < 1.29 is 8.42 Å². The number of hydrogen-bond donors (Lipinski definition) is 0. The summed E-state index contributed by atoms with van der Waals surface area (Å²) in [6.07, 6.45) is 0. The van der Waals surface area contributed by atoms with E-state index in [1.165, 1.54) is 0 Å². The Morgan fingerprint density at radius 3 is 1.40 bits per heavy atom. The number of pyridine rings is 1. The molecule has 0 fully saturated rings. The summed E-state index contributed by atoms with van der Waals surface area (Å²) in [5.74, 6) is 0. The van der Waals surface area contributed by atoms with E-state index in [2.05, 4.69) is 112 Å². The third kappa shape index (κ3) is 5.06. The topological polar surface area (TPSA) is 56.9 Å². The average molecular weight is 702 g/mol. The van der Waals surface area contributed by atoms with E-state index < -0.39 is 9.84 Å². The molecular formula is C47H31N3O2S. The molecule has 5 nitrogen and oxygen atoms in total. The number of aromatic nitrogens is 3. The lowest BCUT2D eigenvalue weighted by Gasteiger charge is -2.12. The highest BCUT2D eigenvalue weighted by Gasteiger charge is 2.23. The third-order valence-electron chi connectivity index (χ3n) is 10.1. The van der Waals surface area contributed by atoms with Crippen molar-refractivity contribution in [1.29, 1.82) is 0 Å². The smallest absolute Gasteiger partial charge is 0.223 e. The molecule has 0 saturated heterocycles. The minimum Gasteiger partial charge on any atom is -0.309 e. The van der Waals surface area contributed by atoms with Crippen LogP contribution in [0.2, 0.25) is 0 Å². The normalized spacial score (nSPS) is 11.9.